The average Bonchev–Trinajstić information content (AvgIpc) is 3.63. The van der Waals surface area contributed by atoms with Gasteiger partial charge in [-0.2, -0.15) is 0 Å². The molecule has 2 saturated carbocycles. The maximum Gasteiger partial charge on any atom is 0.305 e. The molecule has 3 heterocycles. The molecule has 0 spiro atoms. The third-order valence-electron chi connectivity index (χ3n) is 8.52. The molecule has 3 aromatic rings. The van der Waals surface area contributed by atoms with E-state index in [0.717, 1.165) is 27.6 Å². The van der Waals surface area contributed by atoms with E-state index >= 15 is 0 Å². The number of non-ortho nitro benzene ring substituents is 1. The first kappa shape index (κ1) is 22.7. The number of anilines is 1. The van der Waals surface area contributed by atoms with E-state index < -0.39 is 16.8 Å². The molecule has 188 valence electrons. The maximum absolute atomic E-state index is 13.8. The first-order valence-electron chi connectivity index (χ1n) is 12.0. The number of nitro groups is 1. The first-order chi connectivity index (χ1) is 17.9. The number of rotatable bonds is 4. The number of H-pyrrole nitrogens is 1. The van der Waals surface area contributed by atoms with E-state index in [2.05, 4.69) is 4.98 Å². The number of aromatic nitrogens is 1. The van der Waals surface area contributed by atoms with E-state index in [1.165, 1.54) is 40.5 Å². The Morgan fingerprint density at radius 2 is 1.73 bits per heavy atom. The highest BCUT2D eigenvalue weighted by molar-refractivity contribution is 8.00. The predicted molar refractivity (Wildman–Crippen MR) is 137 cm³/mol. The topological polar surface area (TPSA) is 123 Å². The van der Waals surface area contributed by atoms with Crippen molar-refractivity contribution in [1.82, 2.24) is 4.98 Å². The molecule has 7 atom stereocenters. The van der Waals surface area contributed by atoms with Crippen molar-refractivity contribution in [1.29, 1.82) is 0 Å². The monoisotopic (exact) mass is 535 g/mol. The summed E-state index contributed by atoms with van der Waals surface area (Å²) in [4.78, 5) is 55.5. The van der Waals surface area contributed by atoms with E-state index in [1.54, 1.807) is 18.9 Å². The van der Waals surface area contributed by atoms with E-state index in [4.69, 9.17) is 4.74 Å². The second kappa shape index (κ2) is 8.03. The van der Waals surface area contributed by atoms with Crippen molar-refractivity contribution < 1.29 is 19.2 Å². The van der Waals surface area contributed by atoms with Gasteiger partial charge in [-0.25, -0.2) is 0 Å². The molecule has 6 unspecified atom stereocenters. The molecular formula is C26H21N3O6S2. The molecular weight excluding hydrogens is 514 g/mol. The van der Waals surface area contributed by atoms with E-state index in [0.29, 0.717) is 5.69 Å². The smallest absolute Gasteiger partial charge is 0.305 e. The van der Waals surface area contributed by atoms with Crippen LogP contribution in [-0.2, 0) is 9.59 Å². The number of nitro benzene ring substituents is 1. The van der Waals surface area contributed by atoms with Crippen molar-refractivity contribution in [2.75, 3.05) is 12.0 Å². The number of aromatic amines is 1. The Bertz CT molecular complexity index is 1530. The Hall–Kier alpha value is -3.44. The number of amides is 2. The van der Waals surface area contributed by atoms with Gasteiger partial charge >= 0.3 is 4.87 Å². The van der Waals surface area contributed by atoms with Crippen LogP contribution in [0.5, 0.6) is 5.75 Å². The lowest BCUT2D eigenvalue weighted by molar-refractivity contribution is -0.384. The van der Waals surface area contributed by atoms with Crippen LogP contribution in [0.2, 0.25) is 0 Å². The number of fused-ring (bicyclic) bond motifs is 9. The second-order valence-electron chi connectivity index (χ2n) is 9.99. The van der Waals surface area contributed by atoms with Gasteiger partial charge in [0.1, 0.15) is 5.75 Å². The molecule has 1 N–H and O–H groups in total. The molecule has 2 bridgehead atoms. The Balaban J connectivity index is 1.31. The molecule has 3 fully saturated rings. The number of imide groups is 1. The molecule has 11 heteroatoms. The standard InChI is InChI=1S/C26H21N3O6S2/c1-35-16-5-3-2-4-13(16)17-18-14-10-15(21(18)36-23-22(17)37-26(32)27-23)20-19(14)24(30)28(25(20)31)11-6-8-12(9-7-11)29(33)34/h2-9,14-15,17-21H,10H2,1H3,(H,27,32)/t14?,15?,17-,18?,19?,20?,21?/m1/s1. The van der Waals surface area contributed by atoms with E-state index in [1.807, 2.05) is 24.3 Å². The lowest BCUT2D eigenvalue weighted by atomic mass is 9.68. The van der Waals surface area contributed by atoms with Gasteiger partial charge in [-0.15, -0.1) is 11.8 Å². The molecule has 2 aromatic carbocycles. The van der Waals surface area contributed by atoms with E-state index in [-0.39, 0.29) is 51.3 Å². The number of hydrogen-bond acceptors (Lipinski definition) is 8. The van der Waals surface area contributed by atoms with Crippen molar-refractivity contribution in [3.05, 3.63) is 78.8 Å². The summed E-state index contributed by atoms with van der Waals surface area (Å²) in [6.45, 7) is 0. The van der Waals surface area contributed by atoms with Crippen LogP contribution in [0, 0.1) is 39.7 Å². The van der Waals surface area contributed by atoms with Gasteiger partial charge in [0.15, 0.2) is 0 Å². The highest BCUT2D eigenvalue weighted by Gasteiger charge is 2.69. The third-order valence-corrected chi connectivity index (χ3v) is 11.1. The molecule has 0 radical (unpaired) electrons. The minimum Gasteiger partial charge on any atom is -0.496 e. The summed E-state index contributed by atoms with van der Waals surface area (Å²) in [5.74, 6) is -0.652. The zero-order chi connectivity index (χ0) is 25.6. The number of benzene rings is 2. The normalized spacial score (nSPS) is 31.3. The van der Waals surface area contributed by atoms with Crippen LogP contribution in [0.3, 0.4) is 0 Å². The number of thiazole rings is 1. The summed E-state index contributed by atoms with van der Waals surface area (Å²) in [6.07, 6.45) is 0.786. The maximum atomic E-state index is 13.8. The van der Waals surface area contributed by atoms with Crippen molar-refractivity contribution in [2.24, 2.45) is 29.6 Å². The van der Waals surface area contributed by atoms with Crippen molar-refractivity contribution in [3.8, 4) is 5.75 Å². The number of carbonyl (C=O) groups is 2. The molecule has 2 amide bonds. The second-order valence-corrected chi connectivity index (χ2v) is 12.2. The Kier molecular flexibility index (Phi) is 4.93. The number of carbonyl (C=O) groups excluding carboxylic acids is 2. The fraction of sp³-hybridized carbons (Fsp3) is 0.346. The van der Waals surface area contributed by atoms with Gasteiger partial charge in [-0.1, -0.05) is 29.5 Å². The number of thioether (sulfide) groups is 1. The fourth-order valence-corrected chi connectivity index (χ4v) is 10.1. The number of nitrogens with zero attached hydrogens (tertiary/aromatic N) is 2. The number of nitrogens with one attached hydrogen (secondary N) is 1. The van der Waals surface area contributed by atoms with Gasteiger partial charge in [0.25, 0.3) is 5.69 Å². The van der Waals surface area contributed by atoms with Gasteiger partial charge in [0, 0.05) is 33.7 Å². The quantitative estimate of drug-likeness (QED) is 0.304. The van der Waals surface area contributed by atoms with Crippen LogP contribution in [0.15, 0.2) is 58.4 Å². The summed E-state index contributed by atoms with van der Waals surface area (Å²) >= 11 is 2.85. The van der Waals surface area contributed by atoms with Crippen LogP contribution in [0.4, 0.5) is 11.4 Å². The van der Waals surface area contributed by atoms with Crippen LogP contribution in [0.1, 0.15) is 22.8 Å². The molecule has 2 aliphatic carbocycles. The summed E-state index contributed by atoms with van der Waals surface area (Å²) in [5, 5.41) is 12.0. The van der Waals surface area contributed by atoms with Gasteiger partial charge in [-0.05, 0) is 42.4 Å². The number of ether oxygens (including phenoxy) is 1. The third kappa shape index (κ3) is 3.07. The van der Waals surface area contributed by atoms with Gasteiger partial charge < -0.3 is 9.72 Å². The van der Waals surface area contributed by atoms with Gasteiger partial charge in [-0.3, -0.25) is 29.4 Å². The van der Waals surface area contributed by atoms with Crippen molar-refractivity contribution in [2.45, 2.75) is 22.6 Å². The minimum absolute atomic E-state index is 0.00161. The van der Waals surface area contributed by atoms with Gasteiger partial charge in [0.05, 0.1) is 34.6 Å². The fourth-order valence-electron chi connectivity index (χ4n) is 7.27. The number of para-hydroxylation sites is 1. The largest absolute Gasteiger partial charge is 0.496 e. The molecule has 9 nitrogen and oxygen atoms in total. The average molecular weight is 536 g/mol. The zero-order valence-electron chi connectivity index (χ0n) is 19.5. The summed E-state index contributed by atoms with van der Waals surface area (Å²) in [7, 11) is 1.63. The lowest BCUT2D eigenvalue weighted by Gasteiger charge is -2.43. The Morgan fingerprint density at radius 1 is 1.03 bits per heavy atom. The zero-order valence-corrected chi connectivity index (χ0v) is 21.2. The molecule has 1 saturated heterocycles. The summed E-state index contributed by atoms with van der Waals surface area (Å²) in [6, 6.07) is 13.4. The highest BCUT2D eigenvalue weighted by Crippen LogP contribution is 2.69. The lowest BCUT2D eigenvalue weighted by Crippen LogP contribution is -2.42. The van der Waals surface area contributed by atoms with Crippen molar-refractivity contribution >= 4 is 46.3 Å². The van der Waals surface area contributed by atoms with Crippen LogP contribution < -0.4 is 14.5 Å². The SMILES string of the molecule is COc1ccccc1[C@H]1c2sc(=O)[nH]c2SC2C3CC(C4C(=O)N(c5ccc([N+](=O)[O-])cc5)C(=O)C34)C21. The molecule has 37 heavy (non-hydrogen) atoms. The number of methoxy groups -OCH3 is 1. The summed E-state index contributed by atoms with van der Waals surface area (Å²) in [5.41, 5.74) is 1.27. The minimum atomic E-state index is -0.505. The summed E-state index contributed by atoms with van der Waals surface area (Å²) < 4.78 is 5.71. The molecule has 7 rings (SSSR count). The Morgan fingerprint density at radius 3 is 2.43 bits per heavy atom. The Labute approximate surface area is 219 Å². The predicted octanol–water partition coefficient (Wildman–Crippen LogP) is 4.03. The van der Waals surface area contributed by atoms with Crippen LogP contribution in [0.25, 0.3) is 0 Å². The first-order valence-corrected chi connectivity index (χ1v) is 13.7. The highest BCUT2D eigenvalue weighted by atomic mass is 32.2. The molecule has 1 aromatic heterocycles. The van der Waals surface area contributed by atoms with Crippen LogP contribution in [-0.4, -0.2) is 34.1 Å². The van der Waals surface area contributed by atoms with Gasteiger partial charge in [0.2, 0.25) is 11.8 Å². The number of hydrogen-bond donors (Lipinski definition) is 1. The molecule has 2 aliphatic heterocycles. The van der Waals surface area contributed by atoms with Crippen molar-refractivity contribution in [3.63, 3.8) is 0 Å². The van der Waals surface area contributed by atoms with Crippen LogP contribution >= 0.6 is 23.1 Å². The van der Waals surface area contributed by atoms with E-state index in [9.17, 15) is 24.5 Å². The molecule has 4 aliphatic rings.